The zero-order chi connectivity index (χ0) is 20.9. The highest BCUT2D eigenvalue weighted by molar-refractivity contribution is 5.94. The standard InChI is InChI=1S/C23H28N4O3/c28-23(20-6-8-22(9-7-20)27(29)30)26-16-14-25(15-17-26)21-10-12-24(13-11-21)18-19-4-2-1-3-5-19/h1-9,21H,10-18H2/p+2. The summed E-state index contributed by atoms with van der Waals surface area (Å²) in [4.78, 5) is 28.3. The van der Waals surface area contributed by atoms with Gasteiger partial charge in [0.1, 0.15) is 6.54 Å². The summed E-state index contributed by atoms with van der Waals surface area (Å²) in [6, 6.07) is 17.3. The van der Waals surface area contributed by atoms with Gasteiger partial charge in [-0.2, -0.15) is 0 Å². The number of nitro benzene ring substituents is 1. The van der Waals surface area contributed by atoms with Gasteiger partial charge in [0.05, 0.1) is 50.2 Å². The van der Waals surface area contributed by atoms with Gasteiger partial charge < -0.3 is 14.7 Å². The van der Waals surface area contributed by atoms with Crippen molar-refractivity contribution in [3.8, 4) is 0 Å². The summed E-state index contributed by atoms with van der Waals surface area (Å²) in [5.74, 6) is -0.0222. The van der Waals surface area contributed by atoms with Crippen LogP contribution in [-0.4, -0.2) is 61.0 Å². The molecule has 2 N–H and O–H groups in total. The second-order valence-electron chi connectivity index (χ2n) is 8.44. The van der Waals surface area contributed by atoms with Crippen molar-refractivity contribution < 1.29 is 19.5 Å². The van der Waals surface area contributed by atoms with Crippen LogP contribution in [0.4, 0.5) is 5.69 Å². The van der Waals surface area contributed by atoms with E-state index in [4.69, 9.17) is 0 Å². The number of nitrogens with one attached hydrogen (secondary N) is 2. The van der Waals surface area contributed by atoms with Crippen molar-refractivity contribution in [1.82, 2.24) is 4.90 Å². The van der Waals surface area contributed by atoms with Gasteiger partial charge in [-0.15, -0.1) is 0 Å². The summed E-state index contributed by atoms with van der Waals surface area (Å²) >= 11 is 0. The van der Waals surface area contributed by atoms with E-state index in [2.05, 4.69) is 30.3 Å². The second kappa shape index (κ2) is 9.36. The Morgan fingerprint density at radius 3 is 2.20 bits per heavy atom. The number of benzene rings is 2. The van der Waals surface area contributed by atoms with Crippen molar-refractivity contribution in [1.29, 1.82) is 0 Å². The maximum absolute atomic E-state index is 12.7. The molecule has 2 aliphatic rings. The van der Waals surface area contributed by atoms with Gasteiger partial charge in [-0.1, -0.05) is 30.3 Å². The molecule has 0 atom stereocenters. The molecule has 0 unspecified atom stereocenters. The van der Waals surface area contributed by atoms with Crippen molar-refractivity contribution in [2.24, 2.45) is 0 Å². The molecule has 158 valence electrons. The van der Waals surface area contributed by atoms with Crippen LogP contribution in [0.2, 0.25) is 0 Å². The summed E-state index contributed by atoms with van der Waals surface area (Å²) in [6.07, 6.45) is 2.49. The van der Waals surface area contributed by atoms with Gasteiger partial charge in [-0.25, -0.2) is 0 Å². The number of likely N-dealkylation sites (tertiary alicyclic amines) is 1. The monoisotopic (exact) mass is 410 g/mol. The molecule has 30 heavy (non-hydrogen) atoms. The van der Waals surface area contributed by atoms with Crippen LogP contribution in [0.15, 0.2) is 54.6 Å². The smallest absolute Gasteiger partial charge is 0.269 e. The van der Waals surface area contributed by atoms with E-state index < -0.39 is 4.92 Å². The SMILES string of the molecule is O=C(c1ccc([N+](=O)[O-])cc1)N1CC[NH+](C2CC[NH+](Cc3ccccc3)CC2)CC1. The Morgan fingerprint density at radius 2 is 1.60 bits per heavy atom. The van der Waals surface area contributed by atoms with Gasteiger partial charge in [0.15, 0.2) is 0 Å². The van der Waals surface area contributed by atoms with Gasteiger partial charge in [-0.3, -0.25) is 14.9 Å². The van der Waals surface area contributed by atoms with E-state index in [1.54, 1.807) is 21.9 Å². The number of rotatable bonds is 5. The Kier molecular flexibility index (Phi) is 6.40. The Hall–Kier alpha value is -2.77. The van der Waals surface area contributed by atoms with Gasteiger partial charge in [-0.05, 0) is 12.1 Å². The highest BCUT2D eigenvalue weighted by Gasteiger charge is 2.33. The van der Waals surface area contributed by atoms with Gasteiger partial charge >= 0.3 is 0 Å². The van der Waals surface area contributed by atoms with Crippen LogP contribution in [0.1, 0.15) is 28.8 Å². The van der Waals surface area contributed by atoms with Crippen LogP contribution in [0.25, 0.3) is 0 Å². The van der Waals surface area contributed by atoms with Crippen LogP contribution < -0.4 is 9.80 Å². The van der Waals surface area contributed by atoms with Crippen molar-refractivity contribution in [3.05, 3.63) is 75.8 Å². The molecule has 1 amide bonds. The van der Waals surface area contributed by atoms with E-state index in [1.807, 2.05) is 4.90 Å². The quantitative estimate of drug-likeness (QED) is 0.546. The largest absolute Gasteiger partial charge is 0.331 e. The molecule has 2 aliphatic heterocycles. The van der Waals surface area contributed by atoms with Crippen molar-refractivity contribution in [2.75, 3.05) is 39.3 Å². The number of amides is 1. The molecule has 2 aromatic carbocycles. The fraction of sp³-hybridized carbons (Fsp3) is 0.435. The predicted molar refractivity (Wildman–Crippen MR) is 114 cm³/mol. The summed E-state index contributed by atoms with van der Waals surface area (Å²) < 4.78 is 0. The van der Waals surface area contributed by atoms with Gasteiger partial charge in [0, 0.05) is 36.1 Å². The minimum atomic E-state index is -0.441. The average molecular weight is 411 g/mol. The third-order valence-electron chi connectivity index (χ3n) is 6.58. The molecule has 0 bridgehead atoms. The molecule has 4 rings (SSSR count). The molecule has 2 heterocycles. The summed E-state index contributed by atoms with van der Waals surface area (Å²) in [5, 5.41) is 10.8. The normalized spacial score (nSPS) is 22.6. The molecule has 2 fully saturated rings. The zero-order valence-corrected chi connectivity index (χ0v) is 17.3. The number of non-ortho nitro benzene ring substituents is 1. The van der Waals surface area contributed by atoms with Crippen molar-refractivity contribution in [3.63, 3.8) is 0 Å². The lowest BCUT2D eigenvalue weighted by Gasteiger charge is -2.39. The average Bonchev–Trinajstić information content (AvgIpc) is 2.80. The highest BCUT2D eigenvalue weighted by Crippen LogP contribution is 2.14. The number of hydrogen-bond acceptors (Lipinski definition) is 3. The van der Waals surface area contributed by atoms with Crippen LogP contribution in [-0.2, 0) is 6.54 Å². The van der Waals surface area contributed by atoms with E-state index in [1.165, 1.54) is 43.6 Å². The molecule has 2 saturated heterocycles. The van der Waals surface area contributed by atoms with Crippen molar-refractivity contribution in [2.45, 2.75) is 25.4 Å². The van der Waals surface area contributed by atoms with E-state index >= 15 is 0 Å². The molecule has 7 nitrogen and oxygen atoms in total. The maximum atomic E-state index is 12.7. The summed E-state index contributed by atoms with van der Waals surface area (Å²) in [5.41, 5.74) is 1.96. The number of hydrogen-bond donors (Lipinski definition) is 2. The zero-order valence-electron chi connectivity index (χ0n) is 17.3. The number of piperazine rings is 1. The fourth-order valence-corrected chi connectivity index (χ4v) is 4.81. The molecule has 0 saturated carbocycles. The third-order valence-corrected chi connectivity index (χ3v) is 6.58. The fourth-order valence-electron chi connectivity index (χ4n) is 4.81. The molecular weight excluding hydrogens is 380 g/mol. The van der Waals surface area contributed by atoms with Crippen LogP contribution in [0, 0.1) is 10.1 Å². The molecule has 7 heteroatoms. The minimum Gasteiger partial charge on any atom is -0.331 e. The Balaban J connectivity index is 1.24. The molecule has 0 spiro atoms. The number of carbonyl (C=O) groups excluding carboxylic acids is 1. The summed E-state index contributed by atoms with van der Waals surface area (Å²) in [7, 11) is 0. The number of piperidine rings is 1. The van der Waals surface area contributed by atoms with Crippen molar-refractivity contribution >= 4 is 11.6 Å². The first-order valence-electron chi connectivity index (χ1n) is 10.9. The number of nitrogens with zero attached hydrogens (tertiary/aromatic N) is 2. The maximum Gasteiger partial charge on any atom is 0.269 e. The summed E-state index contributed by atoms with van der Waals surface area (Å²) in [6.45, 7) is 7.02. The van der Waals surface area contributed by atoms with Gasteiger partial charge in [0.2, 0.25) is 0 Å². The van der Waals surface area contributed by atoms with Gasteiger partial charge in [0.25, 0.3) is 11.6 Å². The first-order valence-corrected chi connectivity index (χ1v) is 10.9. The van der Waals surface area contributed by atoms with E-state index in [0.29, 0.717) is 11.6 Å². The lowest BCUT2D eigenvalue weighted by Crippen LogP contribution is -3.21. The van der Waals surface area contributed by atoms with Crippen LogP contribution >= 0.6 is 0 Å². The second-order valence-corrected chi connectivity index (χ2v) is 8.44. The highest BCUT2D eigenvalue weighted by atomic mass is 16.6. The molecular formula is C23H30N4O3+2. The molecule has 0 aliphatic carbocycles. The first kappa shape index (κ1) is 20.5. The first-order chi connectivity index (χ1) is 14.6. The van der Waals surface area contributed by atoms with E-state index in [0.717, 1.165) is 32.7 Å². The Morgan fingerprint density at radius 1 is 0.967 bits per heavy atom. The molecule has 0 radical (unpaired) electrons. The third kappa shape index (κ3) is 4.86. The number of quaternary nitrogens is 2. The lowest BCUT2D eigenvalue weighted by molar-refractivity contribution is -0.965. The minimum absolute atomic E-state index is 0.0153. The van der Waals surface area contributed by atoms with E-state index in [-0.39, 0.29) is 11.6 Å². The van der Waals surface area contributed by atoms with Crippen LogP contribution in [0.5, 0.6) is 0 Å². The lowest BCUT2D eigenvalue weighted by atomic mass is 10.0. The topological polar surface area (TPSA) is 72.3 Å². The Bertz CT molecular complexity index is 856. The Labute approximate surface area is 177 Å². The molecule has 0 aromatic heterocycles. The number of nitro groups is 1. The molecule has 2 aromatic rings. The predicted octanol–water partition coefficient (Wildman–Crippen LogP) is 0.183. The number of carbonyl (C=O) groups is 1. The van der Waals surface area contributed by atoms with Crippen LogP contribution in [0.3, 0.4) is 0 Å². The van der Waals surface area contributed by atoms with E-state index in [9.17, 15) is 14.9 Å².